The summed E-state index contributed by atoms with van der Waals surface area (Å²) in [6, 6.07) is 1.39. The van der Waals surface area contributed by atoms with E-state index in [1.165, 1.54) is 6.07 Å². The number of aliphatic hydroxyl groups excluding tert-OH is 1. The van der Waals surface area contributed by atoms with Gasteiger partial charge in [-0.1, -0.05) is 0 Å². The van der Waals surface area contributed by atoms with Gasteiger partial charge >= 0.3 is 0 Å². The summed E-state index contributed by atoms with van der Waals surface area (Å²) in [5.74, 6) is -0.0181. The predicted molar refractivity (Wildman–Crippen MR) is 59.3 cm³/mol. The second-order valence-electron chi connectivity index (χ2n) is 3.70. The van der Waals surface area contributed by atoms with Crippen molar-refractivity contribution in [3.8, 4) is 0 Å². The maximum atomic E-state index is 13.5. The van der Waals surface area contributed by atoms with Crippen molar-refractivity contribution in [3.63, 3.8) is 0 Å². The standard InChI is InChI=1S/C10H12BrFN2O/c11-7-4-9(12)10(13-5-7)14-3-1-2-8(15)6-14/h4-5,8,15H,1-3,6H2/t8-/m0/s1. The van der Waals surface area contributed by atoms with Gasteiger partial charge in [0.25, 0.3) is 0 Å². The summed E-state index contributed by atoms with van der Waals surface area (Å²) in [5.41, 5.74) is 0. The summed E-state index contributed by atoms with van der Waals surface area (Å²) in [6.45, 7) is 1.22. The van der Waals surface area contributed by atoms with Crippen LogP contribution in [0.3, 0.4) is 0 Å². The minimum Gasteiger partial charge on any atom is -0.391 e. The molecule has 1 aromatic heterocycles. The number of pyridine rings is 1. The Morgan fingerprint density at radius 3 is 3.07 bits per heavy atom. The van der Waals surface area contributed by atoms with Crippen molar-refractivity contribution in [1.82, 2.24) is 4.98 Å². The molecule has 2 heterocycles. The molecule has 2 rings (SSSR count). The van der Waals surface area contributed by atoms with Gasteiger partial charge < -0.3 is 10.0 Å². The van der Waals surface area contributed by atoms with E-state index in [-0.39, 0.29) is 11.9 Å². The number of anilines is 1. The predicted octanol–water partition coefficient (Wildman–Crippen LogP) is 1.94. The van der Waals surface area contributed by atoms with Crippen LogP contribution in [0.1, 0.15) is 12.8 Å². The molecule has 1 aliphatic heterocycles. The maximum Gasteiger partial charge on any atom is 0.166 e. The van der Waals surface area contributed by atoms with Crippen LogP contribution < -0.4 is 4.90 Å². The van der Waals surface area contributed by atoms with Crippen LogP contribution >= 0.6 is 15.9 Å². The number of aliphatic hydroxyl groups is 1. The Balaban J connectivity index is 2.21. The van der Waals surface area contributed by atoms with Gasteiger partial charge in [0.15, 0.2) is 11.6 Å². The zero-order chi connectivity index (χ0) is 10.8. The van der Waals surface area contributed by atoms with Gasteiger partial charge in [-0.2, -0.15) is 0 Å². The van der Waals surface area contributed by atoms with Crippen molar-refractivity contribution < 1.29 is 9.50 Å². The van der Waals surface area contributed by atoms with Crippen LogP contribution in [-0.2, 0) is 0 Å². The Morgan fingerprint density at radius 2 is 2.40 bits per heavy atom. The molecule has 82 valence electrons. The molecule has 0 spiro atoms. The summed E-state index contributed by atoms with van der Waals surface area (Å²) in [5, 5.41) is 9.49. The second-order valence-corrected chi connectivity index (χ2v) is 4.62. The summed E-state index contributed by atoms with van der Waals surface area (Å²) < 4.78 is 14.2. The molecule has 0 radical (unpaired) electrons. The smallest absolute Gasteiger partial charge is 0.166 e. The molecule has 1 saturated heterocycles. The van der Waals surface area contributed by atoms with Crippen LogP contribution in [0.4, 0.5) is 10.2 Å². The quantitative estimate of drug-likeness (QED) is 0.851. The zero-order valence-corrected chi connectivity index (χ0v) is 9.74. The van der Waals surface area contributed by atoms with Crippen LogP contribution in [0.25, 0.3) is 0 Å². The number of hydrogen-bond donors (Lipinski definition) is 1. The van der Waals surface area contributed by atoms with E-state index in [0.717, 1.165) is 19.4 Å². The van der Waals surface area contributed by atoms with E-state index in [1.807, 2.05) is 0 Å². The number of nitrogens with zero attached hydrogens (tertiary/aromatic N) is 2. The third-order valence-electron chi connectivity index (χ3n) is 2.48. The van der Waals surface area contributed by atoms with Crippen molar-refractivity contribution in [1.29, 1.82) is 0 Å². The van der Waals surface area contributed by atoms with Crippen molar-refractivity contribution in [2.24, 2.45) is 0 Å². The molecule has 5 heteroatoms. The average molecular weight is 275 g/mol. The van der Waals surface area contributed by atoms with Crippen LogP contribution in [0.15, 0.2) is 16.7 Å². The molecule has 0 aliphatic carbocycles. The summed E-state index contributed by atoms with van der Waals surface area (Å²) in [6.07, 6.45) is 2.86. The van der Waals surface area contributed by atoms with Crippen molar-refractivity contribution in [3.05, 3.63) is 22.6 Å². The van der Waals surface area contributed by atoms with E-state index in [9.17, 15) is 9.50 Å². The third-order valence-corrected chi connectivity index (χ3v) is 2.92. The number of β-amino-alcohol motifs (C(OH)–C–C–N with tert-alkyl or cyclic N) is 1. The fourth-order valence-corrected chi connectivity index (χ4v) is 2.09. The normalized spacial score (nSPS) is 21.8. The largest absolute Gasteiger partial charge is 0.391 e. The van der Waals surface area contributed by atoms with E-state index < -0.39 is 0 Å². The molecule has 1 atom stereocenters. The van der Waals surface area contributed by atoms with Crippen molar-refractivity contribution in [2.75, 3.05) is 18.0 Å². The first-order valence-corrected chi connectivity index (χ1v) is 5.70. The molecule has 3 nitrogen and oxygen atoms in total. The van der Waals surface area contributed by atoms with Gasteiger partial charge in [-0.25, -0.2) is 9.37 Å². The van der Waals surface area contributed by atoms with E-state index in [1.54, 1.807) is 11.1 Å². The van der Waals surface area contributed by atoms with Crippen LogP contribution in [0.2, 0.25) is 0 Å². The Morgan fingerprint density at radius 1 is 1.60 bits per heavy atom. The first-order chi connectivity index (χ1) is 7.16. The molecule has 1 aromatic rings. The Bertz CT molecular complexity index is 361. The van der Waals surface area contributed by atoms with Crippen molar-refractivity contribution in [2.45, 2.75) is 18.9 Å². The Labute approximate surface area is 96.1 Å². The molecule has 0 bridgehead atoms. The van der Waals surface area contributed by atoms with Gasteiger partial charge in [0.05, 0.1) is 6.10 Å². The highest BCUT2D eigenvalue weighted by Gasteiger charge is 2.21. The lowest BCUT2D eigenvalue weighted by Gasteiger charge is -2.31. The molecular weight excluding hydrogens is 263 g/mol. The number of rotatable bonds is 1. The minimum atomic E-state index is -0.372. The number of halogens is 2. The van der Waals surface area contributed by atoms with Crippen molar-refractivity contribution >= 4 is 21.7 Å². The maximum absolute atomic E-state index is 13.5. The summed E-state index contributed by atoms with van der Waals surface area (Å²) in [4.78, 5) is 5.82. The lowest BCUT2D eigenvalue weighted by molar-refractivity contribution is 0.153. The number of piperidine rings is 1. The minimum absolute atomic E-state index is 0.331. The molecule has 1 N–H and O–H groups in total. The van der Waals surface area contributed by atoms with Crippen LogP contribution in [0, 0.1) is 5.82 Å². The van der Waals surface area contributed by atoms with Gasteiger partial charge in [-0.3, -0.25) is 0 Å². The Hall–Kier alpha value is -0.680. The molecule has 0 saturated carbocycles. The third kappa shape index (κ3) is 2.46. The highest BCUT2D eigenvalue weighted by Crippen LogP contribution is 2.23. The van der Waals surface area contributed by atoms with Crippen LogP contribution in [-0.4, -0.2) is 29.3 Å². The molecule has 15 heavy (non-hydrogen) atoms. The van der Waals surface area contributed by atoms with Gasteiger partial charge in [0.2, 0.25) is 0 Å². The number of aromatic nitrogens is 1. The summed E-state index contributed by atoms with van der Waals surface area (Å²) in [7, 11) is 0. The average Bonchev–Trinajstić information content (AvgIpc) is 2.17. The van der Waals surface area contributed by atoms with E-state index in [0.29, 0.717) is 16.8 Å². The fourth-order valence-electron chi connectivity index (χ4n) is 1.79. The first kappa shape index (κ1) is 10.8. The zero-order valence-electron chi connectivity index (χ0n) is 8.16. The van der Waals surface area contributed by atoms with E-state index in [4.69, 9.17) is 0 Å². The lowest BCUT2D eigenvalue weighted by atomic mass is 10.1. The van der Waals surface area contributed by atoms with E-state index >= 15 is 0 Å². The monoisotopic (exact) mass is 274 g/mol. The lowest BCUT2D eigenvalue weighted by Crippen LogP contribution is -2.39. The SMILES string of the molecule is O[C@H]1CCCN(c2ncc(Br)cc2F)C1. The molecule has 0 amide bonds. The Kier molecular flexibility index (Phi) is 3.21. The molecule has 1 fully saturated rings. The van der Waals surface area contributed by atoms with Gasteiger partial charge in [-0.15, -0.1) is 0 Å². The van der Waals surface area contributed by atoms with Gasteiger partial charge in [0, 0.05) is 23.8 Å². The van der Waals surface area contributed by atoms with Gasteiger partial charge in [-0.05, 0) is 34.8 Å². The molecule has 0 unspecified atom stereocenters. The van der Waals surface area contributed by atoms with Crippen LogP contribution in [0.5, 0.6) is 0 Å². The fraction of sp³-hybridized carbons (Fsp3) is 0.500. The number of hydrogen-bond acceptors (Lipinski definition) is 3. The summed E-state index contributed by atoms with van der Waals surface area (Å²) >= 11 is 3.16. The molecular formula is C10H12BrFN2O. The second kappa shape index (κ2) is 4.45. The van der Waals surface area contributed by atoms with E-state index in [2.05, 4.69) is 20.9 Å². The van der Waals surface area contributed by atoms with Gasteiger partial charge in [0.1, 0.15) is 0 Å². The highest BCUT2D eigenvalue weighted by atomic mass is 79.9. The molecule has 0 aromatic carbocycles. The highest BCUT2D eigenvalue weighted by molar-refractivity contribution is 9.10. The molecule has 1 aliphatic rings. The first-order valence-electron chi connectivity index (χ1n) is 4.91. The topological polar surface area (TPSA) is 36.4 Å².